The molecule has 0 aromatic carbocycles. The molecule has 0 fully saturated rings. The fourth-order valence-corrected chi connectivity index (χ4v) is 1.65. The van der Waals surface area contributed by atoms with Crippen LogP contribution in [0.15, 0.2) is 18.7 Å². The van der Waals surface area contributed by atoms with Crippen molar-refractivity contribution < 1.29 is 0 Å². The fourth-order valence-electron chi connectivity index (χ4n) is 0.845. The molecule has 2 nitrogen and oxygen atoms in total. The van der Waals surface area contributed by atoms with Crippen LogP contribution in [0.2, 0.25) is 0 Å². The van der Waals surface area contributed by atoms with Gasteiger partial charge in [0, 0.05) is 18.1 Å². The van der Waals surface area contributed by atoms with E-state index < -0.39 is 0 Å². The molecule has 62 valence electrons. The highest BCUT2D eigenvalue weighted by Crippen LogP contribution is 2.08. The minimum atomic E-state index is 1.20. The zero-order chi connectivity index (χ0) is 7.94. The molecule has 0 saturated heterocycles. The molecule has 0 saturated carbocycles. The van der Waals surface area contributed by atoms with Gasteiger partial charge < -0.3 is 0 Å². The lowest BCUT2D eigenvalue weighted by Gasteiger charge is -1.98. The van der Waals surface area contributed by atoms with Crippen molar-refractivity contribution in [2.24, 2.45) is 0 Å². The molecular weight excluding hydrogens is 156 g/mol. The van der Waals surface area contributed by atoms with E-state index in [4.69, 9.17) is 0 Å². The average Bonchev–Trinajstić information content (AvgIpc) is 2.50. The van der Waals surface area contributed by atoms with Gasteiger partial charge in [0.15, 0.2) is 0 Å². The number of rotatable bonds is 5. The van der Waals surface area contributed by atoms with Crippen molar-refractivity contribution in [1.82, 2.24) is 8.96 Å². The van der Waals surface area contributed by atoms with Crippen LogP contribution in [0.5, 0.6) is 0 Å². The van der Waals surface area contributed by atoms with Crippen molar-refractivity contribution in [2.75, 3.05) is 5.75 Å². The minimum absolute atomic E-state index is 1.20. The van der Waals surface area contributed by atoms with Gasteiger partial charge in [0.2, 0.25) is 0 Å². The molecule has 0 spiro atoms. The van der Waals surface area contributed by atoms with E-state index >= 15 is 0 Å². The number of hydrogen-bond donors (Lipinski definition) is 0. The Kier molecular flexibility index (Phi) is 4.12. The van der Waals surface area contributed by atoms with Gasteiger partial charge in [-0.2, -0.15) is 0 Å². The zero-order valence-corrected chi connectivity index (χ0v) is 7.68. The summed E-state index contributed by atoms with van der Waals surface area (Å²) in [6.45, 7) is 2.22. The van der Waals surface area contributed by atoms with Crippen molar-refractivity contribution >= 4 is 11.9 Å². The first-order valence-electron chi connectivity index (χ1n) is 4.04. The van der Waals surface area contributed by atoms with Crippen LogP contribution in [0, 0.1) is 0 Å². The maximum Gasteiger partial charge on any atom is 0.105 e. The second-order valence-electron chi connectivity index (χ2n) is 2.46. The van der Waals surface area contributed by atoms with Crippen molar-refractivity contribution in [3.63, 3.8) is 0 Å². The van der Waals surface area contributed by atoms with Gasteiger partial charge in [-0.05, 0) is 18.4 Å². The predicted molar refractivity (Wildman–Crippen MR) is 49.6 cm³/mol. The Balaban J connectivity index is 2.04. The maximum absolute atomic E-state index is 3.96. The average molecular weight is 170 g/mol. The second kappa shape index (κ2) is 5.24. The largest absolute Gasteiger partial charge is 0.280 e. The van der Waals surface area contributed by atoms with Crippen LogP contribution >= 0.6 is 11.9 Å². The molecule has 1 aromatic rings. The predicted octanol–water partition coefficient (Wildman–Crippen LogP) is 2.57. The van der Waals surface area contributed by atoms with Gasteiger partial charge in [-0.25, -0.2) is 4.98 Å². The summed E-state index contributed by atoms with van der Waals surface area (Å²) >= 11 is 1.82. The molecule has 1 rings (SSSR count). The molecule has 0 radical (unpaired) electrons. The summed E-state index contributed by atoms with van der Waals surface area (Å²) in [4.78, 5) is 3.96. The monoisotopic (exact) mass is 170 g/mol. The van der Waals surface area contributed by atoms with Crippen LogP contribution in [0.4, 0.5) is 0 Å². The lowest BCUT2D eigenvalue weighted by atomic mass is 10.3. The lowest BCUT2D eigenvalue weighted by Crippen LogP contribution is -1.85. The van der Waals surface area contributed by atoms with Gasteiger partial charge >= 0.3 is 0 Å². The summed E-state index contributed by atoms with van der Waals surface area (Å²) < 4.78 is 2.05. The van der Waals surface area contributed by atoms with Crippen LogP contribution in [0.25, 0.3) is 0 Å². The molecular formula is C8H14N2S. The van der Waals surface area contributed by atoms with E-state index in [1.165, 1.54) is 25.0 Å². The highest BCUT2D eigenvalue weighted by molar-refractivity contribution is 7.97. The Labute approximate surface area is 72.2 Å². The van der Waals surface area contributed by atoms with E-state index in [9.17, 15) is 0 Å². The summed E-state index contributed by atoms with van der Waals surface area (Å²) in [5.74, 6) is 1.20. The Morgan fingerprint density at radius 1 is 1.45 bits per heavy atom. The molecule has 0 aliphatic heterocycles. The van der Waals surface area contributed by atoms with E-state index in [0.717, 1.165) is 0 Å². The molecule has 0 unspecified atom stereocenters. The minimum Gasteiger partial charge on any atom is -0.280 e. The summed E-state index contributed by atoms with van der Waals surface area (Å²) in [7, 11) is 0. The van der Waals surface area contributed by atoms with E-state index in [0.29, 0.717) is 0 Å². The Morgan fingerprint density at radius 2 is 2.36 bits per heavy atom. The fraction of sp³-hybridized carbons (Fsp3) is 0.625. The standard InChI is InChI=1S/C8H14N2S/c1-2-3-4-7-11-10-6-5-9-8-10/h5-6,8H,2-4,7H2,1H3. The van der Waals surface area contributed by atoms with Crippen molar-refractivity contribution in [3.8, 4) is 0 Å². The van der Waals surface area contributed by atoms with Crippen molar-refractivity contribution in [2.45, 2.75) is 26.2 Å². The summed E-state index contributed by atoms with van der Waals surface area (Å²) in [6.07, 6.45) is 9.57. The summed E-state index contributed by atoms with van der Waals surface area (Å²) in [5.41, 5.74) is 0. The van der Waals surface area contributed by atoms with E-state index in [1.807, 2.05) is 30.7 Å². The van der Waals surface area contributed by atoms with Crippen molar-refractivity contribution in [1.29, 1.82) is 0 Å². The zero-order valence-electron chi connectivity index (χ0n) is 6.86. The highest BCUT2D eigenvalue weighted by Gasteiger charge is 1.89. The molecule has 3 heteroatoms. The first-order valence-corrected chi connectivity index (χ1v) is 4.99. The molecule has 0 aliphatic rings. The first-order chi connectivity index (χ1) is 5.43. The van der Waals surface area contributed by atoms with E-state index in [1.54, 1.807) is 0 Å². The van der Waals surface area contributed by atoms with E-state index in [2.05, 4.69) is 15.9 Å². The van der Waals surface area contributed by atoms with Gasteiger partial charge in [0.1, 0.15) is 6.33 Å². The number of imidazole rings is 1. The number of hydrogen-bond acceptors (Lipinski definition) is 2. The van der Waals surface area contributed by atoms with Crippen LogP contribution < -0.4 is 0 Å². The molecule has 0 atom stereocenters. The molecule has 0 amide bonds. The van der Waals surface area contributed by atoms with Crippen LogP contribution in [0.1, 0.15) is 26.2 Å². The van der Waals surface area contributed by atoms with Crippen LogP contribution in [-0.2, 0) is 0 Å². The second-order valence-corrected chi connectivity index (χ2v) is 3.55. The summed E-state index contributed by atoms with van der Waals surface area (Å²) in [5, 5.41) is 0. The molecule has 11 heavy (non-hydrogen) atoms. The Hall–Kier alpha value is -0.440. The van der Waals surface area contributed by atoms with Crippen LogP contribution in [0.3, 0.4) is 0 Å². The molecule has 0 aliphatic carbocycles. The quantitative estimate of drug-likeness (QED) is 0.632. The Morgan fingerprint density at radius 3 is 3.00 bits per heavy atom. The number of unbranched alkanes of at least 4 members (excludes halogenated alkanes) is 2. The van der Waals surface area contributed by atoms with Gasteiger partial charge in [-0.3, -0.25) is 3.97 Å². The third-order valence-electron chi connectivity index (χ3n) is 1.47. The van der Waals surface area contributed by atoms with Gasteiger partial charge in [0.05, 0.1) is 0 Å². The first kappa shape index (κ1) is 8.65. The lowest BCUT2D eigenvalue weighted by molar-refractivity contribution is 0.777. The molecule has 0 bridgehead atoms. The third kappa shape index (κ3) is 3.46. The maximum atomic E-state index is 3.96. The highest BCUT2D eigenvalue weighted by atomic mass is 32.2. The molecule has 1 aromatic heterocycles. The number of nitrogens with zero attached hydrogens (tertiary/aromatic N) is 2. The van der Waals surface area contributed by atoms with Gasteiger partial charge in [-0.1, -0.05) is 19.8 Å². The van der Waals surface area contributed by atoms with Gasteiger partial charge in [0.25, 0.3) is 0 Å². The van der Waals surface area contributed by atoms with E-state index in [-0.39, 0.29) is 0 Å². The van der Waals surface area contributed by atoms with Crippen LogP contribution in [-0.4, -0.2) is 14.7 Å². The number of aromatic nitrogens is 2. The molecule has 1 heterocycles. The van der Waals surface area contributed by atoms with Gasteiger partial charge in [-0.15, -0.1) is 0 Å². The SMILES string of the molecule is CCCCCSn1ccnc1. The van der Waals surface area contributed by atoms with Crippen molar-refractivity contribution in [3.05, 3.63) is 18.7 Å². The molecule has 0 N–H and O–H groups in total. The topological polar surface area (TPSA) is 17.8 Å². The Bertz CT molecular complexity index is 172. The third-order valence-corrected chi connectivity index (χ3v) is 2.45. The normalized spacial score (nSPS) is 10.3. The summed E-state index contributed by atoms with van der Waals surface area (Å²) in [6, 6.07) is 0. The smallest absolute Gasteiger partial charge is 0.105 e.